The van der Waals surface area contributed by atoms with Gasteiger partial charge in [0.1, 0.15) is 11.6 Å². The topological polar surface area (TPSA) is 63.8 Å². The molecule has 1 aromatic heterocycles. The minimum Gasteiger partial charge on any atom is -0.384 e. The highest BCUT2D eigenvalue weighted by Gasteiger charge is 2.18. The summed E-state index contributed by atoms with van der Waals surface area (Å²) in [7, 11) is 0. The normalized spacial score (nSPS) is 18.4. The predicted octanol–water partition coefficient (Wildman–Crippen LogP) is 0.834. The van der Waals surface area contributed by atoms with Crippen molar-refractivity contribution in [1.82, 2.24) is 15.3 Å². The Kier molecular flexibility index (Phi) is 2.63. The maximum absolute atomic E-state index is 5.70. The van der Waals surface area contributed by atoms with Crippen LogP contribution in [-0.2, 0) is 0 Å². The lowest BCUT2D eigenvalue weighted by Gasteiger charge is -2.21. The molecule has 0 aromatic carbocycles. The molecule has 3 N–H and O–H groups in total. The first kappa shape index (κ1) is 9.40. The number of rotatable bonds is 1. The molecule has 0 bridgehead atoms. The van der Waals surface area contributed by atoms with Crippen molar-refractivity contribution in [3.8, 4) is 0 Å². The number of aryl methyl sites for hydroxylation is 1. The zero-order valence-corrected chi connectivity index (χ0v) is 8.45. The van der Waals surface area contributed by atoms with Crippen LogP contribution in [0.3, 0.4) is 0 Å². The molecule has 0 atom stereocenters. The zero-order chi connectivity index (χ0) is 9.97. The molecular weight excluding hydrogens is 176 g/mol. The Morgan fingerprint density at radius 3 is 2.71 bits per heavy atom. The molecular formula is C10H16N4. The van der Waals surface area contributed by atoms with Crippen LogP contribution in [0.4, 0.5) is 5.82 Å². The van der Waals surface area contributed by atoms with Crippen LogP contribution in [0.25, 0.3) is 0 Å². The van der Waals surface area contributed by atoms with E-state index >= 15 is 0 Å². The maximum atomic E-state index is 5.70. The molecule has 76 valence electrons. The van der Waals surface area contributed by atoms with Crippen LogP contribution in [-0.4, -0.2) is 23.1 Å². The van der Waals surface area contributed by atoms with Crippen molar-refractivity contribution in [2.45, 2.75) is 25.7 Å². The monoisotopic (exact) mass is 192 g/mol. The highest BCUT2D eigenvalue weighted by atomic mass is 15.0. The van der Waals surface area contributed by atoms with Crippen molar-refractivity contribution in [2.75, 3.05) is 18.8 Å². The van der Waals surface area contributed by atoms with E-state index in [0.717, 1.165) is 37.4 Å². The lowest BCUT2D eigenvalue weighted by atomic mass is 9.97. The smallest absolute Gasteiger partial charge is 0.134 e. The lowest BCUT2D eigenvalue weighted by molar-refractivity contribution is 0.444. The Morgan fingerprint density at radius 2 is 2.07 bits per heavy atom. The molecule has 4 heteroatoms. The summed E-state index contributed by atoms with van der Waals surface area (Å²) in [5.74, 6) is 1.99. The van der Waals surface area contributed by atoms with E-state index in [1.54, 1.807) is 0 Å². The third-order valence-corrected chi connectivity index (χ3v) is 2.60. The molecule has 0 unspecified atom stereocenters. The second kappa shape index (κ2) is 3.92. The minimum atomic E-state index is 0.485. The van der Waals surface area contributed by atoms with E-state index in [-0.39, 0.29) is 0 Å². The van der Waals surface area contributed by atoms with Gasteiger partial charge in [-0.2, -0.15) is 0 Å². The molecule has 0 radical (unpaired) electrons. The van der Waals surface area contributed by atoms with Crippen LogP contribution in [0.1, 0.15) is 30.3 Å². The number of piperidine rings is 1. The molecule has 1 saturated heterocycles. The summed E-state index contributed by atoms with van der Waals surface area (Å²) in [5, 5.41) is 3.33. The third-order valence-electron chi connectivity index (χ3n) is 2.60. The van der Waals surface area contributed by atoms with Gasteiger partial charge in [0.05, 0.1) is 0 Å². The quantitative estimate of drug-likeness (QED) is 0.692. The summed E-state index contributed by atoms with van der Waals surface area (Å²) in [4.78, 5) is 8.74. The van der Waals surface area contributed by atoms with Crippen molar-refractivity contribution < 1.29 is 0 Å². The van der Waals surface area contributed by atoms with Gasteiger partial charge in [-0.1, -0.05) is 0 Å². The number of nitrogen functional groups attached to an aromatic ring is 1. The Labute approximate surface area is 83.9 Å². The van der Waals surface area contributed by atoms with Gasteiger partial charge in [0, 0.05) is 17.7 Å². The van der Waals surface area contributed by atoms with Crippen LogP contribution in [0.5, 0.6) is 0 Å². The number of hydrogen-bond donors (Lipinski definition) is 2. The van der Waals surface area contributed by atoms with E-state index < -0.39 is 0 Å². The van der Waals surface area contributed by atoms with E-state index in [0.29, 0.717) is 11.7 Å². The van der Waals surface area contributed by atoms with Crippen LogP contribution in [0.15, 0.2) is 6.07 Å². The Hall–Kier alpha value is -1.16. The fourth-order valence-corrected chi connectivity index (χ4v) is 1.88. The van der Waals surface area contributed by atoms with E-state index in [9.17, 15) is 0 Å². The lowest BCUT2D eigenvalue weighted by Crippen LogP contribution is -2.27. The van der Waals surface area contributed by atoms with E-state index in [2.05, 4.69) is 15.3 Å². The summed E-state index contributed by atoms with van der Waals surface area (Å²) in [6.07, 6.45) is 2.23. The Morgan fingerprint density at radius 1 is 1.36 bits per heavy atom. The van der Waals surface area contributed by atoms with Gasteiger partial charge in [-0.15, -0.1) is 0 Å². The molecule has 0 amide bonds. The summed E-state index contributed by atoms with van der Waals surface area (Å²) in [6, 6.07) is 1.81. The van der Waals surface area contributed by atoms with Crippen LogP contribution < -0.4 is 11.1 Å². The van der Waals surface area contributed by atoms with Crippen molar-refractivity contribution in [1.29, 1.82) is 0 Å². The van der Waals surface area contributed by atoms with Crippen molar-refractivity contribution in [3.63, 3.8) is 0 Å². The standard InChI is InChI=1S/C10H16N4/c1-7-6-9(11)14-10(13-7)8-2-4-12-5-3-8/h6,8,12H,2-5H2,1H3,(H2,11,13,14). The number of nitrogens with two attached hydrogens (primary N) is 1. The first-order chi connectivity index (χ1) is 6.75. The average Bonchev–Trinajstić information content (AvgIpc) is 2.18. The molecule has 1 fully saturated rings. The fourth-order valence-electron chi connectivity index (χ4n) is 1.88. The number of nitrogens with zero attached hydrogens (tertiary/aromatic N) is 2. The first-order valence-electron chi connectivity index (χ1n) is 5.07. The molecule has 2 rings (SSSR count). The molecule has 0 aliphatic carbocycles. The summed E-state index contributed by atoms with van der Waals surface area (Å²) >= 11 is 0. The average molecular weight is 192 g/mol. The van der Waals surface area contributed by atoms with Gasteiger partial charge >= 0.3 is 0 Å². The van der Waals surface area contributed by atoms with Crippen molar-refractivity contribution in [2.24, 2.45) is 0 Å². The van der Waals surface area contributed by atoms with Gasteiger partial charge in [0.25, 0.3) is 0 Å². The summed E-state index contributed by atoms with van der Waals surface area (Å²) < 4.78 is 0. The molecule has 1 aliphatic rings. The zero-order valence-electron chi connectivity index (χ0n) is 8.45. The molecule has 1 aliphatic heterocycles. The number of hydrogen-bond acceptors (Lipinski definition) is 4. The number of anilines is 1. The van der Waals surface area contributed by atoms with E-state index in [4.69, 9.17) is 5.73 Å². The summed E-state index contributed by atoms with van der Waals surface area (Å²) in [6.45, 7) is 4.08. The Bertz CT molecular complexity index is 298. The van der Waals surface area contributed by atoms with Gasteiger partial charge < -0.3 is 11.1 Å². The van der Waals surface area contributed by atoms with Crippen molar-refractivity contribution >= 4 is 5.82 Å². The van der Waals surface area contributed by atoms with Gasteiger partial charge in [0.15, 0.2) is 0 Å². The molecule has 2 heterocycles. The predicted molar refractivity (Wildman–Crippen MR) is 56.0 cm³/mol. The second-order valence-electron chi connectivity index (χ2n) is 3.82. The van der Waals surface area contributed by atoms with E-state index in [1.807, 2.05) is 13.0 Å². The second-order valence-corrected chi connectivity index (χ2v) is 3.82. The Balaban J connectivity index is 2.21. The highest BCUT2D eigenvalue weighted by Crippen LogP contribution is 2.22. The summed E-state index contributed by atoms with van der Waals surface area (Å²) in [5.41, 5.74) is 6.66. The maximum Gasteiger partial charge on any atom is 0.134 e. The van der Waals surface area contributed by atoms with Gasteiger partial charge in [-0.25, -0.2) is 9.97 Å². The highest BCUT2D eigenvalue weighted by molar-refractivity contribution is 5.30. The SMILES string of the molecule is Cc1cc(N)nc(C2CCNCC2)n1. The molecule has 1 aromatic rings. The van der Waals surface area contributed by atoms with Crippen molar-refractivity contribution in [3.05, 3.63) is 17.6 Å². The van der Waals surface area contributed by atoms with Gasteiger partial charge in [0.2, 0.25) is 0 Å². The molecule has 0 spiro atoms. The third kappa shape index (κ3) is 2.01. The molecule has 0 saturated carbocycles. The first-order valence-corrected chi connectivity index (χ1v) is 5.07. The van der Waals surface area contributed by atoms with E-state index in [1.165, 1.54) is 0 Å². The largest absolute Gasteiger partial charge is 0.384 e. The van der Waals surface area contributed by atoms with Crippen LogP contribution >= 0.6 is 0 Å². The minimum absolute atomic E-state index is 0.485. The fraction of sp³-hybridized carbons (Fsp3) is 0.600. The van der Waals surface area contributed by atoms with Gasteiger partial charge in [-0.05, 0) is 32.9 Å². The van der Waals surface area contributed by atoms with Gasteiger partial charge in [-0.3, -0.25) is 0 Å². The van der Waals surface area contributed by atoms with Crippen LogP contribution in [0, 0.1) is 6.92 Å². The number of nitrogens with one attached hydrogen (secondary N) is 1. The molecule has 4 nitrogen and oxygen atoms in total. The molecule has 14 heavy (non-hydrogen) atoms. The van der Waals surface area contributed by atoms with Crippen LogP contribution in [0.2, 0.25) is 0 Å². The number of aromatic nitrogens is 2.